The van der Waals surface area contributed by atoms with Crippen molar-refractivity contribution in [3.8, 4) is 0 Å². The van der Waals surface area contributed by atoms with Crippen molar-refractivity contribution in [1.82, 2.24) is 4.98 Å². The zero-order chi connectivity index (χ0) is 17.4. The molecule has 2 aromatic rings. The van der Waals surface area contributed by atoms with Crippen molar-refractivity contribution >= 4 is 23.3 Å². The van der Waals surface area contributed by atoms with Crippen LogP contribution in [0.4, 0.5) is 0 Å². The van der Waals surface area contributed by atoms with Crippen LogP contribution in [0.5, 0.6) is 0 Å². The predicted octanol–water partition coefficient (Wildman–Crippen LogP) is 4.69. The van der Waals surface area contributed by atoms with Gasteiger partial charge < -0.3 is 4.98 Å². The molecule has 126 valence electrons. The molecular weight excluding hydrogens is 318 g/mol. The maximum atomic E-state index is 12.8. The van der Waals surface area contributed by atoms with E-state index in [1.165, 1.54) is 24.0 Å². The summed E-state index contributed by atoms with van der Waals surface area (Å²) in [5, 5.41) is -0.194. The number of aryl methyl sites for hydroxylation is 3. The molecule has 0 spiro atoms. The Balaban J connectivity index is 1.80. The average Bonchev–Trinajstić information content (AvgIpc) is 3.10. The summed E-state index contributed by atoms with van der Waals surface area (Å²) < 4.78 is 0. The molecule has 3 rings (SSSR count). The molecule has 1 aliphatic carbocycles. The lowest BCUT2D eigenvalue weighted by molar-refractivity contribution is 0.0988. The van der Waals surface area contributed by atoms with Crippen LogP contribution < -0.4 is 0 Å². The van der Waals surface area contributed by atoms with Crippen LogP contribution in [0.25, 0.3) is 0 Å². The molecule has 1 aromatic carbocycles. The number of carbonyl (C=O) groups is 2. The summed E-state index contributed by atoms with van der Waals surface area (Å²) in [7, 11) is 0. The minimum atomic E-state index is -0.194. The van der Waals surface area contributed by atoms with Crippen molar-refractivity contribution in [1.29, 1.82) is 0 Å². The van der Waals surface area contributed by atoms with Gasteiger partial charge >= 0.3 is 0 Å². The zero-order valence-corrected chi connectivity index (χ0v) is 15.5. The van der Waals surface area contributed by atoms with Crippen molar-refractivity contribution in [3.63, 3.8) is 0 Å². The van der Waals surface area contributed by atoms with E-state index in [2.05, 4.69) is 23.2 Å². The molecule has 0 radical (unpaired) electrons. The predicted molar refractivity (Wildman–Crippen MR) is 98.4 cm³/mol. The van der Waals surface area contributed by atoms with Crippen LogP contribution in [0.3, 0.4) is 0 Å². The van der Waals surface area contributed by atoms with E-state index in [1.807, 2.05) is 20.8 Å². The number of H-pyrrole nitrogens is 1. The quantitative estimate of drug-likeness (QED) is 0.634. The summed E-state index contributed by atoms with van der Waals surface area (Å²) in [5.41, 5.74) is 5.63. The van der Waals surface area contributed by atoms with Crippen LogP contribution >= 0.6 is 11.8 Å². The minimum Gasteiger partial charge on any atom is -0.355 e. The third kappa shape index (κ3) is 3.07. The van der Waals surface area contributed by atoms with Crippen molar-refractivity contribution in [2.75, 3.05) is 0 Å². The Hall–Kier alpha value is -1.81. The van der Waals surface area contributed by atoms with Gasteiger partial charge in [0.2, 0.25) is 0 Å². The van der Waals surface area contributed by atoms with Gasteiger partial charge in [0.1, 0.15) is 0 Å². The third-order valence-corrected chi connectivity index (χ3v) is 5.88. The molecule has 0 bridgehead atoms. The molecule has 1 unspecified atom stereocenters. The number of aromatic amines is 1. The van der Waals surface area contributed by atoms with Gasteiger partial charge in [0.15, 0.2) is 11.6 Å². The fourth-order valence-electron chi connectivity index (χ4n) is 3.61. The number of hydrogen-bond donors (Lipinski definition) is 1. The molecule has 4 heteroatoms. The molecule has 1 N–H and O–H groups in total. The number of thioether (sulfide) groups is 1. The van der Waals surface area contributed by atoms with Crippen molar-refractivity contribution in [2.24, 2.45) is 0 Å². The first-order valence-electron chi connectivity index (χ1n) is 8.41. The first-order chi connectivity index (χ1) is 11.4. The van der Waals surface area contributed by atoms with Gasteiger partial charge in [0, 0.05) is 16.2 Å². The number of fused-ring (bicyclic) bond motifs is 1. The van der Waals surface area contributed by atoms with E-state index >= 15 is 0 Å². The fraction of sp³-hybridized carbons (Fsp3) is 0.400. The van der Waals surface area contributed by atoms with Gasteiger partial charge in [-0.05, 0) is 75.8 Å². The van der Waals surface area contributed by atoms with Gasteiger partial charge in [-0.15, -0.1) is 11.8 Å². The van der Waals surface area contributed by atoms with Gasteiger partial charge in [-0.1, -0.05) is 6.07 Å². The van der Waals surface area contributed by atoms with Crippen molar-refractivity contribution < 1.29 is 9.59 Å². The Morgan fingerprint density at radius 2 is 1.88 bits per heavy atom. The SMILES string of the molecule is CC(=O)c1c(C)[nH]c(C(=O)C(C)Sc2ccc3c(c2)CCC3)c1C. The van der Waals surface area contributed by atoms with E-state index < -0.39 is 0 Å². The number of Topliss-reactive ketones (excluding diaryl/α,β-unsaturated/α-hetero) is 2. The standard InChI is InChI=1S/C20H23NO2S/c1-11-18(13(3)22)12(2)21-19(11)20(23)14(4)24-17-9-8-15-6-5-7-16(15)10-17/h8-10,14,21H,5-7H2,1-4H3. The smallest absolute Gasteiger partial charge is 0.192 e. The molecule has 3 nitrogen and oxygen atoms in total. The number of rotatable bonds is 5. The number of carbonyl (C=O) groups excluding carboxylic acids is 2. The van der Waals surface area contributed by atoms with E-state index in [1.54, 1.807) is 18.7 Å². The summed E-state index contributed by atoms with van der Waals surface area (Å²) in [4.78, 5) is 28.8. The van der Waals surface area contributed by atoms with Crippen LogP contribution in [0.2, 0.25) is 0 Å². The number of aromatic nitrogens is 1. The summed E-state index contributed by atoms with van der Waals surface area (Å²) >= 11 is 1.59. The van der Waals surface area contributed by atoms with Crippen molar-refractivity contribution in [2.45, 2.75) is 57.1 Å². The summed E-state index contributed by atoms with van der Waals surface area (Å²) in [5.74, 6) is 0.0489. The normalized spacial score (nSPS) is 14.5. The van der Waals surface area contributed by atoms with E-state index in [0.717, 1.165) is 22.6 Å². The van der Waals surface area contributed by atoms with Gasteiger partial charge in [-0.3, -0.25) is 9.59 Å². The third-order valence-electron chi connectivity index (χ3n) is 4.79. The number of nitrogens with one attached hydrogen (secondary N) is 1. The molecule has 1 atom stereocenters. The summed E-state index contributed by atoms with van der Waals surface area (Å²) in [6.07, 6.45) is 3.54. The molecule has 1 aromatic heterocycles. The zero-order valence-electron chi connectivity index (χ0n) is 14.7. The van der Waals surface area contributed by atoms with Gasteiger partial charge in [-0.2, -0.15) is 0 Å². The molecule has 0 saturated heterocycles. The second-order valence-corrected chi connectivity index (χ2v) is 8.00. The Bertz CT molecular complexity index is 819. The van der Waals surface area contributed by atoms with E-state index in [4.69, 9.17) is 0 Å². The highest BCUT2D eigenvalue weighted by Gasteiger charge is 2.24. The molecule has 0 aliphatic heterocycles. The van der Waals surface area contributed by atoms with Crippen LogP contribution in [0, 0.1) is 13.8 Å². The summed E-state index contributed by atoms with van der Waals surface area (Å²) in [6, 6.07) is 6.54. The highest BCUT2D eigenvalue weighted by Crippen LogP contribution is 2.31. The first kappa shape index (κ1) is 17.0. The Morgan fingerprint density at radius 1 is 1.17 bits per heavy atom. The topological polar surface area (TPSA) is 49.9 Å². The lowest BCUT2D eigenvalue weighted by Gasteiger charge is -2.11. The maximum absolute atomic E-state index is 12.8. The lowest BCUT2D eigenvalue weighted by atomic mass is 10.0. The first-order valence-corrected chi connectivity index (χ1v) is 9.29. The van der Waals surface area contributed by atoms with E-state index in [9.17, 15) is 9.59 Å². The van der Waals surface area contributed by atoms with Gasteiger partial charge in [0.05, 0.1) is 10.9 Å². The van der Waals surface area contributed by atoms with E-state index in [0.29, 0.717) is 11.3 Å². The number of hydrogen-bond acceptors (Lipinski definition) is 3. The Morgan fingerprint density at radius 3 is 2.54 bits per heavy atom. The molecule has 0 saturated carbocycles. The Labute approximate surface area is 147 Å². The second kappa shape index (κ2) is 6.60. The van der Waals surface area contributed by atoms with Crippen LogP contribution in [0.1, 0.15) is 63.5 Å². The monoisotopic (exact) mass is 341 g/mol. The van der Waals surface area contributed by atoms with Gasteiger partial charge in [0.25, 0.3) is 0 Å². The summed E-state index contributed by atoms with van der Waals surface area (Å²) in [6.45, 7) is 7.17. The average molecular weight is 341 g/mol. The van der Waals surface area contributed by atoms with Crippen LogP contribution in [-0.2, 0) is 12.8 Å². The van der Waals surface area contributed by atoms with E-state index in [-0.39, 0.29) is 16.8 Å². The number of benzene rings is 1. The number of ketones is 2. The molecular formula is C20H23NO2S. The second-order valence-electron chi connectivity index (χ2n) is 6.59. The van der Waals surface area contributed by atoms with Crippen LogP contribution in [0.15, 0.2) is 23.1 Å². The largest absolute Gasteiger partial charge is 0.355 e. The van der Waals surface area contributed by atoms with Crippen LogP contribution in [-0.4, -0.2) is 21.8 Å². The van der Waals surface area contributed by atoms with Crippen molar-refractivity contribution in [3.05, 3.63) is 51.8 Å². The molecule has 24 heavy (non-hydrogen) atoms. The molecule has 0 amide bonds. The maximum Gasteiger partial charge on any atom is 0.192 e. The fourth-order valence-corrected chi connectivity index (χ4v) is 4.60. The highest BCUT2D eigenvalue weighted by molar-refractivity contribution is 8.00. The molecule has 0 fully saturated rings. The Kier molecular flexibility index (Phi) is 4.68. The minimum absolute atomic E-state index is 0.000715. The van der Waals surface area contributed by atoms with Gasteiger partial charge in [-0.25, -0.2) is 0 Å². The molecule has 1 aliphatic rings. The highest BCUT2D eigenvalue weighted by atomic mass is 32.2. The lowest BCUT2D eigenvalue weighted by Crippen LogP contribution is -2.15. The molecule has 1 heterocycles.